The number of rotatable bonds is 4. The minimum Gasteiger partial charge on any atom is -0.469 e. The lowest BCUT2D eigenvalue weighted by Gasteiger charge is -2.34. The summed E-state index contributed by atoms with van der Waals surface area (Å²) in [5.41, 5.74) is 0.551. The molecule has 0 amide bonds. The van der Waals surface area contributed by atoms with Crippen molar-refractivity contribution in [2.45, 2.75) is 18.9 Å². The minimum atomic E-state index is -0.418. The summed E-state index contributed by atoms with van der Waals surface area (Å²) in [5, 5.41) is 13.9. The van der Waals surface area contributed by atoms with E-state index in [1.165, 1.54) is 13.2 Å². The van der Waals surface area contributed by atoms with E-state index in [1.807, 2.05) is 0 Å². The molecule has 0 aliphatic heterocycles. The second kappa shape index (κ2) is 5.03. The molecule has 1 aromatic carbocycles. The predicted octanol–water partition coefficient (Wildman–Crippen LogP) is 1.96. The number of ether oxygens (including phenoxy) is 1. The summed E-state index contributed by atoms with van der Waals surface area (Å²) in [6, 6.07) is 6.59. The third kappa shape index (κ3) is 2.42. The van der Waals surface area contributed by atoms with Crippen LogP contribution in [0.3, 0.4) is 0 Å². The van der Waals surface area contributed by atoms with Crippen LogP contribution < -0.4 is 5.32 Å². The number of para-hydroxylation sites is 2. The molecule has 0 heterocycles. The van der Waals surface area contributed by atoms with E-state index in [9.17, 15) is 14.9 Å². The number of nitrogens with one attached hydrogen (secondary N) is 1. The van der Waals surface area contributed by atoms with Crippen molar-refractivity contribution in [3.63, 3.8) is 0 Å². The Morgan fingerprint density at radius 3 is 2.72 bits per heavy atom. The largest absolute Gasteiger partial charge is 0.469 e. The summed E-state index contributed by atoms with van der Waals surface area (Å²) in [6.45, 7) is 0. The lowest BCUT2D eigenvalue weighted by atomic mass is 9.80. The van der Waals surface area contributed by atoms with Gasteiger partial charge in [0.1, 0.15) is 5.69 Å². The van der Waals surface area contributed by atoms with Gasteiger partial charge in [-0.25, -0.2) is 0 Å². The van der Waals surface area contributed by atoms with Crippen LogP contribution in [0.4, 0.5) is 11.4 Å². The Hall–Kier alpha value is -2.11. The molecule has 0 atom stereocenters. The highest BCUT2D eigenvalue weighted by atomic mass is 16.6. The molecule has 6 heteroatoms. The van der Waals surface area contributed by atoms with Gasteiger partial charge in [-0.1, -0.05) is 12.1 Å². The van der Waals surface area contributed by atoms with E-state index in [4.69, 9.17) is 0 Å². The van der Waals surface area contributed by atoms with Crippen LogP contribution in [0.15, 0.2) is 24.3 Å². The van der Waals surface area contributed by atoms with E-state index in [-0.39, 0.29) is 23.6 Å². The van der Waals surface area contributed by atoms with Gasteiger partial charge in [0.25, 0.3) is 5.69 Å². The van der Waals surface area contributed by atoms with Gasteiger partial charge in [-0.3, -0.25) is 14.9 Å². The number of hydrogen-bond donors (Lipinski definition) is 1. The average Bonchev–Trinajstić information content (AvgIpc) is 2.32. The van der Waals surface area contributed by atoms with Crippen LogP contribution in [0.5, 0.6) is 0 Å². The van der Waals surface area contributed by atoms with Crippen molar-refractivity contribution >= 4 is 17.3 Å². The number of esters is 1. The van der Waals surface area contributed by atoms with E-state index >= 15 is 0 Å². The van der Waals surface area contributed by atoms with Gasteiger partial charge in [-0.2, -0.15) is 0 Å². The van der Waals surface area contributed by atoms with Crippen LogP contribution in [-0.4, -0.2) is 24.0 Å². The summed E-state index contributed by atoms with van der Waals surface area (Å²) in [4.78, 5) is 21.6. The summed E-state index contributed by atoms with van der Waals surface area (Å²) in [6.07, 6.45) is 1.30. The summed E-state index contributed by atoms with van der Waals surface area (Å²) < 4.78 is 4.64. The Morgan fingerprint density at radius 2 is 2.11 bits per heavy atom. The topological polar surface area (TPSA) is 81.5 Å². The molecule has 0 saturated heterocycles. The predicted molar refractivity (Wildman–Crippen MR) is 65.2 cm³/mol. The molecule has 2 rings (SSSR count). The van der Waals surface area contributed by atoms with Crippen molar-refractivity contribution in [1.82, 2.24) is 0 Å². The maximum Gasteiger partial charge on any atom is 0.308 e. The molecule has 0 radical (unpaired) electrons. The second-order valence-corrected chi connectivity index (χ2v) is 4.31. The standard InChI is InChI=1S/C12H14N2O4/c1-18-12(15)8-6-9(7-8)13-10-4-2-3-5-11(10)14(16)17/h2-5,8-9,13H,6-7H2,1H3. The lowest BCUT2D eigenvalue weighted by molar-refractivity contribution is -0.384. The van der Waals surface area contributed by atoms with Crippen LogP contribution in [0.25, 0.3) is 0 Å². The third-order valence-corrected chi connectivity index (χ3v) is 3.13. The quantitative estimate of drug-likeness (QED) is 0.502. The van der Waals surface area contributed by atoms with Crippen LogP contribution >= 0.6 is 0 Å². The fourth-order valence-corrected chi connectivity index (χ4v) is 2.07. The zero-order valence-electron chi connectivity index (χ0n) is 9.96. The highest BCUT2D eigenvalue weighted by Crippen LogP contribution is 2.33. The summed E-state index contributed by atoms with van der Waals surface area (Å²) >= 11 is 0. The van der Waals surface area contributed by atoms with E-state index in [0.29, 0.717) is 18.5 Å². The molecule has 1 N–H and O–H groups in total. The van der Waals surface area contributed by atoms with Crippen molar-refractivity contribution in [3.05, 3.63) is 34.4 Å². The lowest BCUT2D eigenvalue weighted by Crippen LogP contribution is -2.40. The molecular weight excluding hydrogens is 236 g/mol. The van der Waals surface area contributed by atoms with E-state index < -0.39 is 4.92 Å². The van der Waals surface area contributed by atoms with Crippen LogP contribution in [0.2, 0.25) is 0 Å². The first-order valence-electron chi connectivity index (χ1n) is 5.69. The maximum absolute atomic E-state index is 11.2. The van der Waals surface area contributed by atoms with Gasteiger partial charge in [0, 0.05) is 12.1 Å². The maximum atomic E-state index is 11.2. The first-order chi connectivity index (χ1) is 8.61. The number of carbonyl (C=O) groups excluding carboxylic acids is 1. The Labute approximate surface area is 104 Å². The third-order valence-electron chi connectivity index (χ3n) is 3.13. The average molecular weight is 250 g/mol. The van der Waals surface area contributed by atoms with Gasteiger partial charge < -0.3 is 10.1 Å². The summed E-state index contributed by atoms with van der Waals surface area (Å²) in [5.74, 6) is -0.300. The van der Waals surface area contributed by atoms with Crippen molar-refractivity contribution < 1.29 is 14.5 Å². The van der Waals surface area contributed by atoms with Gasteiger partial charge in [0.05, 0.1) is 18.0 Å². The van der Waals surface area contributed by atoms with E-state index in [1.54, 1.807) is 18.2 Å². The SMILES string of the molecule is COC(=O)C1CC(Nc2ccccc2[N+](=O)[O-])C1. The zero-order valence-corrected chi connectivity index (χ0v) is 9.96. The Balaban J connectivity index is 1.96. The fraction of sp³-hybridized carbons (Fsp3) is 0.417. The normalized spacial score (nSPS) is 21.8. The Bertz CT molecular complexity index is 469. The minimum absolute atomic E-state index is 0.0546. The number of carbonyl (C=O) groups is 1. The Morgan fingerprint density at radius 1 is 1.44 bits per heavy atom. The van der Waals surface area contributed by atoms with E-state index in [0.717, 1.165) is 0 Å². The molecule has 0 spiro atoms. The van der Waals surface area contributed by atoms with Gasteiger partial charge in [0.2, 0.25) is 0 Å². The molecule has 1 aromatic rings. The van der Waals surface area contributed by atoms with Crippen LogP contribution in [0, 0.1) is 16.0 Å². The van der Waals surface area contributed by atoms with Gasteiger partial charge in [-0.15, -0.1) is 0 Å². The number of nitrogens with zero attached hydrogens (tertiary/aromatic N) is 1. The first kappa shape index (κ1) is 12.3. The number of hydrogen-bond acceptors (Lipinski definition) is 5. The van der Waals surface area contributed by atoms with Gasteiger partial charge in [0.15, 0.2) is 0 Å². The first-order valence-corrected chi connectivity index (χ1v) is 5.69. The highest BCUT2D eigenvalue weighted by Gasteiger charge is 2.35. The molecule has 18 heavy (non-hydrogen) atoms. The zero-order chi connectivity index (χ0) is 13.1. The van der Waals surface area contributed by atoms with Gasteiger partial charge >= 0.3 is 5.97 Å². The van der Waals surface area contributed by atoms with E-state index in [2.05, 4.69) is 10.1 Å². The highest BCUT2D eigenvalue weighted by molar-refractivity contribution is 5.74. The van der Waals surface area contributed by atoms with Crippen molar-refractivity contribution in [2.24, 2.45) is 5.92 Å². The number of anilines is 1. The molecular formula is C12H14N2O4. The van der Waals surface area contributed by atoms with Crippen molar-refractivity contribution in [2.75, 3.05) is 12.4 Å². The molecule has 1 aliphatic carbocycles. The molecule has 6 nitrogen and oxygen atoms in total. The molecule has 1 saturated carbocycles. The number of methoxy groups -OCH3 is 1. The summed E-state index contributed by atoms with van der Waals surface area (Å²) in [7, 11) is 1.37. The van der Waals surface area contributed by atoms with Crippen molar-refractivity contribution in [3.8, 4) is 0 Å². The molecule has 0 aromatic heterocycles. The number of nitro groups is 1. The number of nitro benzene ring substituents is 1. The van der Waals surface area contributed by atoms with Gasteiger partial charge in [-0.05, 0) is 18.9 Å². The monoisotopic (exact) mass is 250 g/mol. The molecule has 96 valence electrons. The van der Waals surface area contributed by atoms with Crippen LogP contribution in [0.1, 0.15) is 12.8 Å². The molecule has 1 aliphatic rings. The Kier molecular flexibility index (Phi) is 3.45. The van der Waals surface area contributed by atoms with Crippen LogP contribution in [-0.2, 0) is 9.53 Å². The molecule has 0 unspecified atom stereocenters. The van der Waals surface area contributed by atoms with Crippen molar-refractivity contribution in [1.29, 1.82) is 0 Å². The fourth-order valence-electron chi connectivity index (χ4n) is 2.07. The second-order valence-electron chi connectivity index (χ2n) is 4.31. The number of benzene rings is 1. The molecule has 1 fully saturated rings. The molecule has 0 bridgehead atoms. The smallest absolute Gasteiger partial charge is 0.308 e.